The number of carbonyl (C=O) groups is 1. The molecule has 0 aliphatic rings. The Bertz CT molecular complexity index is 1140. The Kier molecular flexibility index (Phi) is 8.50. The zero-order chi connectivity index (χ0) is 23.1. The van der Waals surface area contributed by atoms with Crippen LogP contribution in [0.2, 0.25) is 10.0 Å². The lowest BCUT2D eigenvalue weighted by atomic mass is 10.1. The van der Waals surface area contributed by atoms with E-state index in [1.54, 1.807) is 36.4 Å². The first kappa shape index (κ1) is 24.0. The number of hydrogen-bond donors (Lipinski definition) is 1. The van der Waals surface area contributed by atoms with Crippen LogP contribution in [0.4, 0.5) is 4.39 Å². The van der Waals surface area contributed by atoms with Gasteiger partial charge in [0.1, 0.15) is 12.4 Å². The second kappa shape index (κ2) is 11.3. The van der Waals surface area contributed by atoms with Gasteiger partial charge in [-0.3, -0.25) is 4.79 Å². The van der Waals surface area contributed by atoms with Gasteiger partial charge in [0.15, 0.2) is 11.5 Å². The van der Waals surface area contributed by atoms with Crippen molar-refractivity contribution in [3.63, 3.8) is 0 Å². The molecule has 0 radical (unpaired) electrons. The molecule has 0 aliphatic carbocycles. The first-order valence-electron chi connectivity index (χ1n) is 9.36. The molecule has 1 N–H and O–H groups in total. The van der Waals surface area contributed by atoms with Crippen LogP contribution >= 0.6 is 39.1 Å². The summed E-state index contributed by atoms with van der Waals surface area (Å²) in [5.41, 5.74) is 4.66. The van der Waals surface area contributed by atoms with E-state index < -0.39 is 0 Å². The predicted octanol–water partition coefficient (Wildman–Crippen LogP) is 6.18. The summed E-state index contributed by atoms with van der Waals surface area (Å²) in [5.74, 6) is 0.325. The van der Waals surface area contributed by atoms with E-state index in [9.17, 15) is 9.18 Å². The molecule has 0 saturated carbocycles. The number of nitrogens with one attached hydrogen (secondary N) is 1. The zero-order valence-electron chi connectivity index (χ0n) is 16.9. The number of rotatable bonds is 8. The van der Waals surface area contributed by atoms with E-state index in [-0.39, 0.29) is 24.8 Å². The minimum atomic E-state index is -0.351. The molecule has 0 saturated heterocycles. The summed E-state index contributed by atoms with van der Waals surface area (Å²) in [4.78, 5) is 12.0. The van der Waals surface area contributed by atoms with Crippen LogP contribution in [0.1, 0.15) is 16.7 Å². The monoisotopic (exact) mass is 538 g/mol. The number of hydrogen-bond acceptors (Lipinski definition) is 4. The number of carbonyl (C=O) groups excluding carboxylic acids is 1. The van der Waals surface area contributed by atoms with Gasteiger partial charge < -0.3 is 9.47 Å². The zero-order valence-corrected chi connectivity index (χ0v) is 20.0. The van der Waals surface area contributed by atoms with Crippen LogP contribution in [0.3, 0.4) is 0 Å². The van der Waals surface area contributed by atoms with E-state index in [1.165, 1.54) is 25.5 Å². The summed E-state index contributed by atoms with van der Waals surface area (Å²) in [7, 11) is 1.53. The van der Waals surface area contributed by atoms with Crippen LogP contribution < -0.4 is 14.9 Å². The average Bonchev–Trinajstić information content (AvgIpc) is 2.76. The fraction of sp³-hybridized carbons (Fsp3) is 0.130. The van der Waals surface area contributed by atoms with Gasteiger partial charge in [-0.15, -0.1) is 0 Å². The molecular formula is C23H18BrCl2FN2O3. The maximum Gasteiger partial charge on any atom is 0.244 e. The minimum Gasteiger partial charge on any atom is -0.493 e. The van der Waals surface area contributed by atoms with Gasteiger partial charge in [-0.25, -0.2) is 9.82 Å². The second-order valence-corrected chi connectivity index (χ2v) is 8.34. The van der Waals surface area contributed by atoms with Gasteiger partial charge in [0.05, 0.1) is 34.3 Å². The normalized spacial score (nSPS) is 10.9. The Hall–Kier alpha value is -2.61. The summed E-state index contributed by atoms with van der Waals surface area (Å²) in [5, 5.41) is 4.90. The van der Waals surface area contributed by atoms with Crippen molar-refractivity contribution in [2.24, 2.45) is 5.10 Å². The van der Waals surface area contributed by atoms with E-state index in [2.05, 4.69) is 26.5 Å². The average molecular weight is 540 g/mol. The molecule has 1 amide bonds. The van der Waals surface area contributed by atoms with Crippen molar-refractivity contribution in [3.8, 4) is 11.5 Å². The number of amides is 1. The summed E-state index contributed by atoms with van der Waals surface area (Å²) >= 11 is 15.5. The molecule has 166 valence electrons. The third-order valence-corrected chi connectivity index (χ3v) is 5.63. The van der Waals surface area contributed by atoms with E-state index in [0.717, 1.165) is 5.56 Å². The molecule has 3 aromatic rings. The van der Waals surface area contributed by atoms with Crippen molar-refractivity contribution in [2.75, 3.05) is 7.11 Å². The van der Waals surface area contributed by atoms with Gasteiger partial charge in [-0.2, -0.15) is 5.10 Å². The first-order chi connectivity index (χ1) is 15.4. The topological polar surface area (TPSA) is 59.9 Å². The number of hydrazone groups is 1. The fourth-order valence-corrected chi connectivity index (χ4v) is 3.64. The van der Waals surface area contributed by atoms with Crippen LogP contribution in [-0.2, 0) is 17.8 Å². The molecule has 0 heterocycles. The summed E-state index contributed by atoms with van der Waals surface area (Å²) in [6, 6.07) is 14.5. The Labute approximate surface area is 203 Å². The molecule has 9 heteroatoms. The summed E-state index contributed by atoms with van der Waals surface area (Å²) in [6.07, 6.45) is 1.57. The van der Waals surface area contributed by atoms with Crippen LogP contribution in [0.15, 0.2) is 64.2 Å². The van der Waals surface area contributed by atoms with Crippen molar-refractivity contribution in [1.29, 1.82) is 0 Å². The highest BCUT2D eigenvalue weighted by Crippen LogP contribution is 2.37. The highest BCUT2D eigenvalue weighted by atomic mass is 79.9. The third kappa shape index (κ3) is 6.69. The Morgan fingerprint density at radius 3 is 2.50 bits per heavy atom. The van der Waals surface area contributed by atoms with Crippen molar-refractivity contribution in [3.05, 3.63) is 91.6 Å². The smallest absolute Gasteiger partial charge is 0.244 e. The molecule has 3 aromatic carbocycles. The second-order valence-electron chi connectivity index (χ2n) is 6.67. The number of nitrogens with zero attached hydrogens (tertiary/aromatic N) is 1. The lowest BCUT2D eigenvalue weighted by Crippen LogP contribution is -2.19. The third-order valence-electron chi connectivity index (χ3n) is 4.30. The lowest BCUT2D eigenvalue weighted by molar-refractivity contribution is -0.120. The van der Waals surface area contributed by atoms with Crippen LogP contribution in [0, 0.1) is 5.82 Å². The lowest BCUT2D eigenvalue weighted by Gasteiger charge is -2.14. The largest absolute Gasteiger partial charge is 0.493 e. The number of ether oxygens (including phenoxy) is 2. The van der Waals surface area contributed by atoms with Gasteiger partial charge in [0.2, 0.25) is 5.91 Å². The van der Waals surface area contributed by atoms with Gasteiger partial charge >= 0.3 is 0 Å². The summed E-state index contributed by atoms with van der Waals surface area (Å²) < 4.78 is 24.9. The molecule has 0 aromatic heterocycles. The predicted molar refractivity (Wildman–Crippen MR) is 127 cm³/mol. The Morgan fingerprint density at radius 2 is 1.81 bits per heavy atom. The highest BCUT2D eigenvalue weighted by molar-refractivity contribution is 9.10. The highest BCUT2D eigenvalue weighted by Gasteiger charge is 2.12. The van der Waals surface area contributed by atoms with Gasteiger partial charge in [0.25, 0.3) is 0 Å². The minimum absolute atomic E-state index is 0.0894. The maximum atomic E-state index is 12.9. The fourth-order valence-electron chi connectivity index (χ4n) is 2.75. The SMILES string of the molecule is COc1cc(/C=N/NC(=O)Cc2ccc(F)cc2)cc(Br)c1OCc1ccc(Cl)c(Cl)c1. The van der Waals surface area contributed by atoms with E-state index in [4.69, 9.17) is 32.7 Å². The molecular weight excluding hydrogens is 522 g/mol. The van der Waals surface area contributed by atoms with Gasteiger partial charge in [-0.05, 0) is 69.0 Å². The molecule has 3 rings (SSSR count). The Balaban J connectivity index is 1.63. The molecule has 0 bridgehead atoms. The van der Waals surface area contributed by atoms with Gasteiger partial charge in [0, 0.05) is 0 Å². The van der Waals surface area contributed by atoms with Crippen LogP contribution in [0.25, 0.3) is 0 Å². The number of methoxy groups -OCH3 is 1. The first-order valence-corrected chi connectivity index (χ1v) is 10.9. The summed E-state index contributed by atoms with van der Waals surface area (Å²) in [6.45, 7) is 0.263. The molecule has 32 heavy (non-hydrogen) atoms. The van der Waals surface area contributed by atoms with Crippen molar-refractivity contribution in [1.82, 2.24) is 5.43 Å². The molecule has 0 atom stereocenters. The molecule has 0 spiro atoms. The van der Waals surface area contributed by atoms with E-state index in [0.29, 0.717) is 37.1 Å². The van der Waals surface area contributed by atoms with Crippen LogP contribution in [-0.4, -0.2) is 19.2 Å². The Morgan fingerprint density at radius 1 is 1.09 bits per heavy atom. The molecule has 0 fully saturated rings. The van der Waals surface area contributed by atoms with E-state index in [1.807, 2.05) is 6.07 Å². The molecule has 5 nitrogen and oxygen atoms in total. The van der Waals surface area contributed by atoms with Gasteiger partial charge in [-0.1, -0.05) is 41.4 Å². The molecule has 0 aliphatic heterocycles. The van der Waals surface area contributed by atoms with Crippen LogP contribution in [0.5, 0.6) is 11.5 Å². The van der Waals surface area contributed by atoms with Crippen molar-refractivity contribution >= 4 is 51.3 Å². The number of halogens is 4. The standard InChI is InChI=1S/C23H18BrCl2FN2O3/c1-31-21-10-16(12-28-29-22(30)11-14-2-5-17(27)6-3-14)8-18(24)23(21)32-13-15-4-7-19(25)20(26)9-15/h2-10,12H,11,13H2,1H3,(H,29,30)/b28-12+. The number of benzene rings is 3. The molecule has 0 unspecified atom stereocenters. The van der Waals surface area contributed by atoms with Crippen molar-refractivity contribution in [2.45, 2.75) is 13.0 Å². The maximum absolute atomic E-state index is 12.9. The quantitative estimate of drug-likeness (QED) is 0.275. The van der Waals surface area contributed by atoms with Crippen molar-refractivity contribution < 1.29 is 18.7 Å². The van der Waals surface area contributed by atoms with E-state index >= 15 is 0 Å².